The van der Waals surface area contributed by atoms with E-state index in [1.165, 1.54) is 0 Å². The number of hydrogen-bond donors (Lipinski definition) is 2. The van der Waals surface area contributed by atoms with E-state index in [1.54, 1.807) is 41.3 Å². The molecule has 0 unspecified atom stereocenters. The van der Waals surface area contributed by atoms with Gasteiger partial charge in [0.25, 0.3) is 0 Å². The minimum atomic E-state index is -0.782. The molecule has 2 aromatic heterocycles. The molecule has 29 heavy (non-hydrogen) atoms. The minimum absolute atomic E-state index is 0.133. The van der Waals surface area contributed by atoms with E-state index < -0.39 is 11.8 Å². The highest BCUT2D eigenvalue weighted by molar-refractivity contribution is 6.39. The molecular formula is C20H20N4O5. The van der Waals surface area contributed by atoms with Crippen molar-refractivity contribution < 1.29 is 23.5 Å². The molecule has 1 aliphatic heterocycles. The van der Waals surface area contributed by atoms with Crippen LogP contribution in [0.3, 0.4) is 0 Å². The van der Waals surface area contributed by atoms with E-state index in [0.717, 1.165) is 11.4 Å². The molecule has 2 N–H and O–H groups in total. The Morgan fingerprint density at radius 3 is 2.69 bits per heavy atom. The first-order chi connectivity index (χ1) is 14.0. The van der Waals surface area contributed by atoms with Crippen molar-refractivity contribution in [3.63, 3.8) is 0 Å². The van der Waals surface area contributed by atoms with E-state index in [1.807, 2.05) is 19.9 Å². The lowest BCUT2D eigenvalue weighted by Crippen LogP contribution is -2.39. The number of furan rings is 1. The third kappa shape index (κ3) is 3.93. The molecule has 3 aromatic rings. The predicted octanol–water partition coefficient (Wildman–Crippen LogP) is 2.17. The Hall–Kier alpha value is -3.75. The van der Waals surface area contributed by atoms with Crippen LogP contribution in [0.4, 0.5) is 5.69 Å². The maximum Gasteiger partial charge on any atom is 0.313 e. The van der Waals surface area contributed by atoms with Gasteiger partial charge in [-0.3, -0.25) is 14.3 Å². The second kappa shape index (κ2) is 7.70. The van der Waals surface area contributed by atoms with Crippen molar-refractivity contribution in [2.24, 2.45) is 0 Å². The molecule has 150 valence electrons. The van der Waals surface area contributed by atoms with Gasteiger partial charge in [-0.1, -0.05) is 0 Å². The van der Waals surface area contributed by atoms with Crippen molar-refractivity contribution in [3.05, 3.63) is 59.8 Å². The Morgan fingerprint density at radius 2 is 1.97 bits per heavy atom. The van der Waals surface area contributed by atoms with Crippen molar-refractivity contribution in [1.82, 2.24) is 15.1 Å². The predicted molar refractivity (Wildman–Crippen MR) is 103 cm³/mol. The van der Waals surface area contributed by atoms with Crippen LogP contribution in [0.25, 0.3) is 0 Å². The Labute approximate surface area is 166 Å². The van der Waals surface area contributed by atoms with Crippen molar-refractivity contribution >= 4 is 17.5 Å². The normalized spacial score (nSPS) is 13.2. The molecule has 0 fully saturated rings. The van der Waals surface area contributed by atoms with E-state index in [-0.39, 0.29) is 19.4 Å². The summed E-state index contributed by atoms with van der Waals surface area (Å²) >= 11 is 0. The van der Waals surface area contributed by atoms with Gasteiger partial charge in [-0.2, -0.15) is 5.10 Å². The average Bonchev–Trinajstić information content (AvgIpc) is 3.43. The number of hydrogen-bond acceptors (Lipinski definition) is 6. The number of rotatable bonds is 5. The number of carbonyl (C=O) groups excluding carboxylic acids is 2. The SMILES string of the molecule is Cc1cc(C)n([C@@H](CNC(=O)C(=O)Nc2ccc3c(c2)OCO3)c2ccco2)n1. The molecule has 9 heteroatoms. The lowest BCUT2D eigenvalue weighted by molar-refractivity contribution is -0.136. The van der Waals surface area contributed by atoms with Crippen LogP contribution in [0.5, 0.6) is 11.5 Å². The summed E-state index contributed by atoms with van der Waals surface area (Å²) in [6.07, 6.45) is 1.56. The summed E-state index contributed by atoms with van der Waals surface area (Å²) in [5.74, 6) is 0.202. The monoisotopic (exact) mass is 396 g/mol. The summed E-state index contributed by atoms with van der Waals surface area (Å²) in [6, 6.07) is 10.0. The molecule has 0 bridgehead atoms. The maximum absolute atomic E-state index is 12.3. The van der Waals surface area contributed by atoms with Crippen LogP contribution in [-0.4, -0.2) is 34.9 Å². The van der Waals surface area contributed by atoms with Crippen LogP contribution in [0.15, 0.2) is 47.1 Å². The van der Waals surface area contributed by atoms with Gasteiger partial charge in [0.05, 0.1) is 12.0 Å². The number of aryl methyl sites for hydroxylation is 2. The molecule has 3 heterocycles. The standard InChI is InChI=1S/C20H20N4O5/c1-12-8-13(2)24(23-12)15(16-4-3-7-27-16)10-21-19(25)20(26)22-14-5-6-17-18(9-14)29-11-28-17/h3-9,15H,10-11H2,1-2H3,(H,21,25)(H,22,26)/t15-/m0/s1. The van der Waals surface area contributed by atoms with Crippen molar-refractivity contribution in [2.75, 3.05) is 18.7 Å². The first-order valence-corrected chi connectivity index (χ1v) is 9.06. The zero-order valence-electron chi connectivity index (χ0n) is 16.0. The second-order valence-electron chi connectivity index (χ2n) is 6.64. The van der Waals surface area contributed by atoms with Crippen molar-refractivity contribution in [3.8, 4) is 11.5 Å². The maximum atomic E-state index is 12.3. The smallest absolute Gasteiger partial charge is 0.313 e. The number of benzene rings is 1. The number of ether oxygens (including phenoxy) is 2. The zero-order chi connectivity index (χ0) is 20.4. The zero-order valence-corrected chi connectivity index (χ0v) is 16.0. The largest absolute Gasteiger partial charge is 0.467 e. The molecule has 0 aliphatic carbocycles. The Balaban J connectivity index is 1.42. The van der Waals surface area contributed by atoms with E-state index in [0.29, 0.717) is 22.9 Å². The Morgan fingerprint density at radius 1 is 1.14 bits per heavy atom. The molecule has 0 spiro atoms. The Kier molecular flexibility index (Phi) is 4.94. The highest BCUT2D eigenvalue weighted by Crippen LogP contribution is 2.34. The van der Waals surface area contributed by atoms with Crippen molar-refractivity contribution in [1.29, 1.82) is 0 Å². The second-order valence-corrected chi connectivity index (χ2v) is 6.64. The minimum Gasteiger partial charge on any atom is -0.467 e. The van der Waals surface area contributed by atoms with E-state index in [4.69, 9.17) is 13.9 Å². The van der Waals surface area contributed by atoms with Crippen LogP contribution in [-0.2, 0) is 9.59 Å². The number of anilines is 1. The lowest BCUT2D eigenvalue weighted by atomic mass is 10.2. The molecule has 1 aliphatic rings. The topological polar surface area (TPSA) is 108 Å². The van der Waals surface area contributed by atoms with Gasteiger partial charge in [-0.15, -0.1) is 0 Å². The summed E-state index contributed by atoms with van der Waals surface area (Å²) in [7, 11) is 0. The third-order valence-electron chi connectivity index (χ3n) is 4.50. The molecule has 0 saturated heterocycles. The fraction of sp³-hybridized carbons (Fsp3) is 0.250. The summed E-state index contributed by atoms with van der Waals surface area (Å²) in [5, 5.41) is 9.67. The molecule has 1 aromatic carbocycles. The fourth-order valence-electron chi connectivity index (χ4n) is 3.18. The Bertz CT molecular complexity index is 1040. The van der Waals surface area contributed by atoms with Crippen LogP contribution >= 0.6 is 0 Å². The van der Waals surface area contributed by atoms with E-state index >= 15 is 0 Å². The highest BCUT2D eigenvalue weighted by atomic mass is 16.7. The number of amides is 2. The van der Waals surface area contributed by atoms with Gasteiger partial charge in [0.15, 0.2) is 11.5 Å². The van der Waals surface area contributed by atoms with Gasteiger partial charge >= 0.3 is 11.8 Å². The van der Waals surface area contributed by atoms with Gasteiger partial charge < -0.3 is 24.5 Å². The molecular weight excluding hydrogens is 376 g/mol. The van der Waals surface area contributed by atoms with Crippen LogP contribution in [0.2, 0.25) is 0 Å². The summed E-state index contributed by atoms with van der Waals surface area (Å²) in [6.45, 7) is 4.08. The molecule has 4 rings (SSSR count). The van der Waals surface area contributed by atoms with Gasteiger partial charge in [0.2, 0.25) is 6.79 Å². The molecule has 2 amide bonds. The van der Waals surface area contributed by atoms with E-state index in [2.05, 4.69) is 15.7 Å². The first kappa shape index (κ1) is 18.6. The van der Waals surface area contributed by atoms with Gasteiger partial charge in [0.1, 0.15) is 11.8 Å². The van der Waals surface area contributed by atoms with Crippen LogP contribution in [0.1, 0.15) is 23.2 Å². The average molecular weight is 396 g/mol. The van der Waals surface area contributed by atoms with Crippen LogP contribution in [0, 0.1) is 13.8 Å². The highest BCUT2D eigenvalue weighted by Gasteiger charge is 2.23. The molecule has 0 radical (unpaired) electrons. The number of nitrogens with zero attached hydrogens (tertiary/aromatic N) is 2. The molecule has 0 saturated carbocycles. The van der Waals surface area contributed by atoms with Gasteiger partial charge in [-0.25, -0.2) is 0 Å². The fourth-order valence-corrected chi connectivity index (χ4v) is 3.18. The number of nitrogens with one attached hydrogen (secondary N) is 2. The molecule has 1 atom stereocenters. The van der Waals surface area contributed by atoms with Gasteiger partial charge in [-0.05, 0) is 44.2 Å². The van der Waals surface area contributed by atoms with Crippen molar-refractivity contribution in [2.45, 2.75) is 19.9 Å². The summed E-state index contributed by atoms with van der Waals surface area (Å²) in [5.41, 5.74) is 2.21. The quantitative estimate of drug-likeness (QED) is 0.640. The van der Waals surface area contributed by atoms with Gasteiger partial charge in [0, 0.05) is 24.0 Å². The first-order valence-electron chi connectivity index (χ1n) is 9.06. The number of fused-ring (bicyclic) bond motifs is 1. The number of carbonyl (C=O) groups is 2. The van der Waals surface area contributed by atoms with E-state index in [9.17, 15) is 9.59 Å². The third-order valence-corrected chi connectivity index (χ3v) is 4.50. The number of aromatic nitrogens is 2. The molecule has 9 nitrogen and oxygen atoms in total. The summed E-state index contributed by atoms with van der Waals surface area (Å²) < 4.78 is 17.8. The summed E-state index contributed by atoms with van der Waals surface area (Å²) in [4.78, 5) is 24.6. The lowest BCUT2D eigenvalue weighted by Gasteiger charge is -2.18. The van der Waals surface area contributed by atoms with Crippen LogP contribution < -0.4 is 20.1 Å².